The Kier molecular flexibility index (Phi) is 2.42. The SMILES string of the molecule is O=C1O[C@H](c2ccc3c(c2)OCCO3)c2ccccc21. The summed E-state index contributed by atoms with van der Waals surface area (Å²) >= 11 is 0. The molecule has 20 heavy (non-hydrogen) atoms. The van der Waals surface area contributed by atoms with Crippen LogP contribution in [0.5, 0.6) is 11.5 Å². The highest BCUT2D eigenvalue weighted by Crippen LogP contribution is 2.39. The average molecular weight is 268 g/mol. The van der Waals surface area contributed by atoms with Crippen molar-refractivity contribution >= 4 is 5.97 Å². The van der Waals surface area contributed by atoms with Gasteiger partial charge < -0.3 is 14.2 Å². The predicted molar refractivity (Wildman–Crippen MR) is 71.1 cm³/mol. The number of esters is 1. The summed E-state index contributed by atoms with van der Waals surface area (Å²) in [7, 11) is 0. The van der Waals surface area contributed by atoms with Crippen molar-refractivity contribution in [1.82, 2.24) is 0 Å². The molecule has 2 aliphatic heterocycles. The predicted octanol–water partition coefficient (Wildman–Crippen LogP) is 2.72. The van der Waals surface area contributed by atoms with Crippen molar-refractivity contribution in [3.05, 3.63) is 59.2 Å². The molecule has 0 spiro atoms. The molecule has 0 saturated carbocycles. The van der Waals surface area contributed by atoms with Crippen molar-refractivity contribution in [3.8, 4) is 11.5 Å². The van der Waals surface area contributed by atoms with Crippen LogP contribution in [0.1, 0.15) is 27.6 Å². The van der Waals surface area contributed by atoms with E-state index >= 15 is 0 Å². The van der Waals surface area contributed by atoms with Gasteiger partial charge in [-0.3, -0.25) is 0 Å². The van der Waals surface area contributed by atoms with E-state index in [1.54, 1.807) is 6.07 Å². The van der Waals surface area contributed by atoms with E-state index in [0.29, 0.717) is 24.5 Å². The third-order valence-electron chi connectivity index (χ3n) is 3.56. The third-order valence-corrected chi connectivity index (χ3v) is 3.56. The molecule has 2 aromatic carbocycles. The number of fused-ring (bicyclic) bond motifs is 2. The molecule has 1 atom stereocenters. The molecule has 2 aliphatic rings. The van der Waals surface area contributed by atoms with Gasteiger partial charge >= 0.3 is 5.97 Å². The van der Waals surface area contributed by atoms with Gasteiger partial charge in [0.25, 0.3) is 0 Å². The van der Waals surface area contributed by atoms with Gasteiger partial charge in [0.15, 0.2) is 17.6 Å². The summed E-state index contributed by atoms with van der Waals surface area (Å²) < 4.78 is 16.5. The first kappa shape index (κ1) is 11.3. The lowest BCUT2D eigenvalue weighted by molar-refractivity contribution is 0.0455. The molecule has 0 aromatic heterocycles. The van der Waals surface area contributed by atoms with Gasteiger partial charge in [0, 0.05) is 11.1 Å². The summed E-state index contributed by atoms with van der Waals surface area (Å²) in [4.78, 5) is 11.9. The van der Waals surface area contributed by atoms with Crippen LogP contribution in [0, 0.1) is 0 Å². The summed E-state index contributed by atoms with van der Waals surface area (Å²) in [6, 6.07) is 13.1. The Hall–Kier alpha value is -2.49. The molecule has 4 heteroatoms. The number of hydrogen-bond donors (Lipinski definition) is 0. The summed E-state index contributed by atoms with van der Waals surface area (Å²) in [5.41, 5.74) is 2.43. The second-order valence-electron chi connectivity index (χ2n) is 4.78. The zero-order chi connectivity index (χ0) is 13.5. The minimum atomic E-state index is -0.366. The molecular formula is C16H12O4. The Morgan fingerprint density at radius 1 is 0.950 bits per heavy atom. The second kappa shape index (κ2) is 4.27. The van der Waals surface area contributed by atoms with E-state index < -0.39 is 0 Å². The summed E-state index contributed by atoms with van der Waals surface area (Å²) in [5.74, 6) is 1.16. The molecule has 2 aromatic rings. The van der Waals surface area contributed by atoms with Crippen molar-refractivity contribution in [2.24, 2.45) is 0 Å². The van der Waals surface area contributed by atoms with Gasteiger partial charge in [0.05, 0.1) is 5.56 Å². The lowest BCUT2D eigenvalue weighted by Crippen LogP contribution is -2.15. The van der Waals surface area contributed by atoms with Crippen molar-refractivity contribution in [2.75, 3.05) is 13.2 Å². The van der Waals surface area contributed by atoms with Crippen LogP contribution in [-0.4, -0.2) is 19.2 Å². The Balaban J connectivity index is 1.77. The fourth-order valence-electron chi connectivity index (χ4n) is 2.62. The van der Waals surface area contributed by atoms with Crippen LogP contribution >= 0.6 is 0 Å². The molecule has 0 radical (unpaired) electrons. The van der Waals surface area contributed by atoms with Crippen molar-refractivity contribution in [2.45, 2.75) is 6.10 Å². The standard InChI is InChI=1S/C16H12O4/c17-16-12-4-2-1-3-11(12)15(20-16)10-5-6-13-14(9-10)19-8-7-18-13/h1-6,9,15H,7-8H2/t15-/m1/s1. The lowest BCUT2D eigenvalue weighted by atomic mass is 9.99. The molecule has 2 heterocycles. The molecule has 4 rings (SSSR count). The van der Waals surface area contributed by atoms with Crippen molar-refractivity contribution in [1.29, 1.82) is 0 Å². The number of carbonyl (C=O) groups excluding carboxylic acids is 1. The third kappa shape index (κ3) is 1.65. The average Bonchev–Trinajstić information content (AvgIpc) is 2.85. The van der Waals surface area contributed by atoms with Crippen LogP contribution in [0.15, 0.2) is 42.5 Å². The maximum atomic E-state index is 11.9. The first-order valence-electron chi connectivity index (χ1n) is 6.52. The van der Waals surface area contributed by atoms with Crippen molar-refractivity contribution in [3.63, 3.8) is 0 Å². The lowest BCUT2D eigenvalue weighted by Gasteiger charge is -2.20. The number of benzene rings is 2. The topological polar surface area (TPSA) is 44.8 Å². The first-order chi connectivity index (χ1) is 9.83. The van der Waals surface area contributed by atoms with E-state index in [1.807, 2.05) is 36.4 Å². The highest BCUT2D eigenvalue weighted by molar-refractivity contribution is 5.94. The van der Waals surface area contributed by atoms with Gasteiger partial charge in [-0.1, -0.05) is 24.3 Å². The zero-order valence-electron chi connectivity index (χ0n) is 10.7. The largest absolute Gasteiger partial charge is 0.486 e. The minimum Gasteiger partial charge on any atom is -0.486 e. The van der Waals surface area contributed by atoms with E-state index in [1.165, 1.54) is 0 Å². The Morgan fingerprint density at radius 3 is 2.65 bits per heavy atom. The van der Waals surface area contributed by atoms with Gasteiger partial charge in [-0.05, 0) is 18.2 Å². The molecule has 0 fully saturated rings. The molecule has 100 valence electrons. The van der Waals surface area contributed by atoms with Crippen molar-refractivity contribution < 1.29 is 19.0 Å². The second-order valence-corrected chi connectivity index (χ2v) is 4.78. The fraction of sp³-hybridized carbons (Fsp3) is 0.188. The van der Waals surface area contributed by atoms with Gasteiger partial charge in [0.2, 0.25) is 0 Å². The Bertz CT molecular complexity index is 693. The maximum absolute atomic E-state index is 11.9. The minimum absolute atomic E-state index is 0.277. The quantitative estimate of drug-likeness (QED) is 0.746. The van der Waals surface area contributed by atoms with E-state index in [9.17, 15) is 4.79 Å². The normalized spacial score (nSPS) is 19.4. The molecule has 0 unspecified atom stereocenters. The van der Waals surface area contributed by atoms with Crippen LogP contribution in [0.2, 0.25) is 0 Å². The van der Waals surface area contributed by atoms with Crippen LogP contribution in [0.4, 0.5) is 0 Å². The number of carbonyl (C=O) groups is 1. The van der Waals surface area contributed by atoms with Crippen LogP contribution < -0.4 is 9.47 Å². The molecule has 0 saturated heterocycles. The summed E-state index contributed by atoms with van der Waals surface area (Å²) in [6.07, 6.45) is -0.366. The summed E-state index contributed by atoms with van der Waals surface area (Å²) in [5, 5.41) is 0. The molecule has 0 bridgehead atoms. The number of ether oxygens (including phenoxy) is 3. The van der Waals surface area contributed by atoms with Gasteiger partial charge in [-0.25, -0.2) is 4.79 Å². The van der Waals surface area contributed by atoms with Gasteiger partial charge in [0.1, 0.15) is 13.2 Å². The number of cyclic esters (lactones) is 1. The highest BCUT2D eigenvalue weighted by Gasteiger charge is 2.32. The van der Waals surface area contributed by atoms with E-state index in [-0.39, 0.29) is 12.1 Å². The molecular weight excluding hydrogens is 256 g/mol. The first-order valence-corrected chi connectivity index (χ1v) is 6.52. The number of hydrogen-bond acceptors (Lipinski definition) is 4. The van der Waals surface area contributed by atoms with Crippen LogP contribution in [0.3, 0.4) is 0 Å². The maximum Gasteiger partial charge on any atom is 0.339 e. The highest BCUT2D eigenvalue weighted by atomic mass is 16.6. The summed E-state index contributed by atoms with van der Waals surface area (Å²) in [6.45, 7) is 1.10. The van der Waals surface area contributed by atoms with E-state index in [0.717, 1.165) is 16.9 Å². The van der Waals surface area contributed by atoms with Crippen LogP contribution in [-0.2, 0) is 4.74 Å². The molecule has 0 amide bonds. The van der Waals surface area contributed by atoms with Gasteiger partial charge in [-0.15, -0.1) is 0 Å². The van der Waals surface area contributed by atoms with Gasteiger partial charge in [-0.2, -0.15) is 0 Å². The molecule has 0 N–H and O–H groups in total. The Labute approximate surface area is 115 Å². The molecule has 4 nitrogen and oxygen atoms in total. The van der Waals surface area contributed by atoms with Crippen LogP contribution in [0.25, 0.3) is 0 Å². The van der Waals surface area contributed by atoms with E-state index in [2.05, 4.69) is 0 Å². The smallest absolute Gasteiger partial charge is 0.339 e. The zero-order valence-corrected chi connectivity index (χ0v) is 10.7. The number of rotatable bonds is 1. The monoisotopic (exact) mass is 268 g/mol. The van der Waals surface area contributed by atoms with E-state index in [4.69, 9.17) is 14.2 Å². The Morgan fingerprint density at radius 2 is 1.75 bits per heavy atom. The molecule has 0 aliphatic carbocycles. The fourth-order valence-corrected chi connectivity index (χ4v) is 2.62.